The minimum atomic E-state index is 1.03. The number of piperazine rings is 1. The molecule has 3 aromatic rings. The SMILES string of the molecule is C=CC1=C[n+]2ccc(/C(=C/C)c3cc(-c4cc(C)c(C)c(N5CCNCC5)c4)cnc3C)cc21. The lowest BCUT2D eigenvalue weighted by molar-refractivity contribution is -0.582. The molecule has 0 atom stereocenters. The average molecular weight is 450 g/mol. The van der Waals surface area contributed by atoms with Gasteiger partial charge in [-0.25, -0.2) is 0 Å². The number of nitrogens with one attached hydrogen (secondary N) is 1. The van der Waals surface area contributed by atoms with Gasteiger partial charge in [-0.05, 0) is 73.7 Å². The average Bonchev–Trinajstić information content (AvgIpc) is 2.84. The molecule has 0 spiro atoms. The van der Waals surface area contributed by atoms with Crippen molar-refractivity contribution in [2.24, 2.45) is 0 Å². The molecule has 1 saturated heterocycles. The van der Waals surface area contributed by atoms with E-state index in [9.17, 15) is 0 Å². The lowest BCUT2D eigenvalue weighted by atomic mass is 9.92. The Morgan fingerprint density at radius 1 is 1.09 bits per heavy atom. The van der Waals surface area contributed by atoms with Crippen molar-refractivity contribution in [2.45, 2.75) is 27.7 Å². The van der Waals surface area contributed by atoms with Crippen LogP contribution in [0, 0.1) is 20.8 Å². The summed E-state index contributed by atoms with van der Waals surface area (Å²) < 4.78 is 2.14. The molecule has 2 aliphatic rings. The van der Waals surface area contributed by atoms with Gasteiger partial charge in [0.2, 0.25) is 5.69 Å². The molecule has 0 unspecified atom stereocenters. The molecular weight excluding hydrogens is 416 g/mol. The van der Waals surface area contributed by atoms with Crippen LogP contribution in [0.2, 0.25) is 0 Å². The lowest BCUT2D eigenvalue weighted by Crippen LogP contribution is -2.43. The number of allylic oxidation sites excluding steroid dienone is 3. The van der Waals surface area contributed by atoms with Gasteiger partial charge in [0.25, 0.3) is 0 Å². The minimum Gasteiger partial charge on any atom is -0.369 e. The second-order valence-electron chi connectivity index (χ2n) is 9.23. The number of hydrogen-bond donors (Lipinski definition) is 1. The molecular formula is C30H33N4+. The Hall–Kier alpha value is -3.50. The van der Waals surface area contributed by atoms with Crippen LogP contribution in [0.5, 0.6) is 0 Å². The minimum absolute atomic E-state index is 1.03. The van der Waals surface area contributed by atoms with Gasteiger partial charge in [-0.3, -0.25) is 4.98 Å². The van der Waals surface area contributed by atoms with Gasteiger partial charge >= 0.3 is 0 Å². The molecule has 2 aliphatic heterocycles. The highest BCUT2D eigenvalue weighted by Gasteiger charge is 2.25. The maximum atomic E-state index is 4.83. The first-order valence-electron chi connectivity index (χ1n) is 12.1. The van der Waals surface area contributed by atoms with E-state index in [0.717, 1.165) is 37.4 Å². The zero-order valence-corrected chi connectivity index (χ0v) is 20.7. The number of aromatic nitrogens is 2. The van der Waals surface area contributed by atoms with E-state index in [4.69, 9.17) is 4.98 Å². The summed E-state index contributed by atoms with van der Waals surface area (Å²) in [6.45, 7) is 16.7. The quantitative estimate of drug-likeness (QED) is 0.535. The summed E-state index contributed by atoms with van der Waals surface area (Å²) in [5.74, 6) is 0. The first kappa shape index (κ1) is 22.3. The normalized spacial score (nSPS) is 15.5. The Labute approximate surface area is 203 Å². The van der Waals surface area contributed by atoms with Crippen molar-refractivity contribution < 1.29 is 4.57 Å². The predicted molar refractivity (Wildman–Crippen MR) is 143 cm³/mol. The van der Waals surface area contributed by atoms with Gasteiger partial charge in [-0.2, -0.15) is 4.57 Å². The second kappa shape index (κ2) is 9.03. The van der Waals surface area contributed by atoms with Crippen molar-refractivity contribution in [3.63, 3.8) is 0 Å². The first-order valence-corrected chi connectivity index (χ1v) is 12.1. The largest absolute Gasteiger partial charge is 0.369 e. The third-order valence-corrected chi connectivity index (χ3v) is 7.19. The van der Waals surface area contributed by atoms with Crippen molar-refractivity contribution in [1.82, 2.24) is 10.3 Å². The molecule has 0 saturated carbocycles. The Bertz CT molecular complexity index is 1340. The number of anilines is 1. The molecule has 0 aliphatic carbocycles. The Morgan fingerprint density at radius 2 is 1.88 bits per heavy atom. The standard InChI is InChI=1S/C30H33N4/c1-6-23-19-34-11-8-24(16-30(23)34)27(7-2)28-15-26(18-32-22(28)5)25-14-20(3)21(4)29(17-25)33-12-9-31-10-13-33/h6-8,11,14-19,31H,1,9-10,12-13H2,2-5H3/q+1/b27-7-. The van der Waals surface area contributed by atoms with E-state index in [0.29, 0.717) is 0 Å². The third-order valence-electron chi connectivity index (χ3n) is 7.19. The molecule has 0 bridgehead atoms. The van der Waals surface area contributed by atoms with E-state index in [1.807, 2.05) is 12.3 Å². The van der Waals surface area contributed by atoms with Crippen LogP contribution >= 0.6 is 0 Å². The van der Waals surface area contributed by atoms with Gasteiger partial charge in [-0.1, -0.05) is 18.7 Å². The number of pyridine rings is 2. The number of aryl methyl sites for hydroxylation is 2. The van der Waals surface area contributed by atoms with Gasteiger partial charge in [0.1, 0.15) is 5.57 Å². The summed E-state index contributed by atoms with van der Waals surface area (Å²) in [5.41, 5.74) is 13.4. The number of nitrogens with zero attached hydrogens (tertiary/aromatic N) is 3. The smallest absolute Gasteiger partial charge is 0.224 e. The van der Waals surface area contributed by atoms with Crippen LogP contribution in [0.15, 0.2) is 61.5 Å². The molecule has 4 heteroatoms. The van der Waals surface area contributed by atoms with Crippen molar-refractivity contribution in [3.8, 4) is 11.1 Å². The van der Waals surface area contributed by atoms with E-state index >= 15 is 0 Å². The first-order chi connectivity index (χ1) is 16.5. The summed E-state index contributed by atoms with van der Waals surface area (Å²) in [4.78, 5) is 7.34. The van der Waals surface area contributed by atoms with E-state index in [-0.39, 0.29) is 0 Å². The van der Waals surface area contributed by atoms with Crippen LogP contribution in [0.4, 0.5) is 5.69 Å². The zero-order chi connectivity index (χ0) is 23.8. The molecule has 1 N–H and O–H groups in total. The van der Waals surface area contributed by atoms with Crippen LogP contribution in [-0.2, 0) is 0 Å². The molecule has 34 heavy (non-hydrogen) atoms. The van der Waals surface area contributed by atoms with Crippen LogP contribution in [0.25, 0.3) is 28.5 Å². The predicted octanol–water partition coefficient (Wildman–Crippen LogP) is 5.32. The number of fused-ring (bicyclic) bond motifs is 1. The van der Waals surface area contributed by atoms with Crippen molar-refractivity contribution >= 4 is 23.0 Å². The summed E-state index contributed by atoms with van der Waals surface area (Å²) in [7, 11) is 0. The molecule has 172 valence electrons. The molecule has 1 fully saturated rings. The molecule has 1 aromatic carbocycles. The topological polar surface area (TPSA) is 32.0 Å². The fourth-order valence-corrected chi connectivity index (χ4v) is 5.01. The Morgan fingerprint density at radius 3 is 2.62 bits per heavy atom. The number of benzene rings is 1. The van der Waals surface area contributed by atoms with Crippen LogP contribution in [0.3, 0.4) is 0 Å². The molecule has 2 aromatic heterocycles. The van der Waals surface area contributed by atoms with E-state index in [1.165, 1.54) is 50.3 Å². The van der Waals surface area contributed by atoms with Crippen LogP contribution in [0.1, 0.15) is 40.6 Å². The van der Waals surface area contributed by atoms with E-state index in [1.54, 1.807) is 0 Å². The number of hydrogen-bond acceptors (Lipinski definition) is 3. The van der Waals surface area contributed by atoms with Gasteiger partial charge in [0.15, 0.2) is 12.4 Å². The molecule has 4 nitrogen and oxygen atoms in total. The summed E-state index contributed by atoms with van der Waals surface area (Å²) >= 11 is 0. The van der Waals surface area contributed by atoms with Gasteiger partial charge in [-0.15, -0.1) is 0 Å². The lowest BCUT2D eigenvalue weighted by Gasteiger charge is -2.31. The third kappa shape index (κ3) is 3.88. The zero-order valence-electron chi connectivity index (χ0n) is 20.7. The molecule has 5 rings (SSSR count). The number of rotatable bonds is 5. The van der Waals surface area contributed by atoms with Gasteiger partial charge in [0, 0.05) is 67.0 Å². The summed E-state index contributed by atoms with van der Waals surface area (Å²) in [5, 5.41) is 3.46. The maximum absolute atomic E-state index is 4.83. The van der Waals surface area contributed by atoms with Crippen molar-refractivity contribution in [2.75, 3.05) is 31.1 Å². The fraction of sp³-hybridized carbons (Fsp3) is 0.267. The van der Waals surface area contributed by atoms with E-state index in [2.05, 4.69) is 97.9 Å². The maximum Gasteiger partial charge on any atom is 0.224 e. The highest BCUT2D eigenvalue weighted by molar-refractivity contribution is 5.87. The Kier molecular flexibility index (Phi) is 5.93. The molecule has 4 heterocycles. The second-order valence-corrected chi connectivity index (χ2v) is 9.23. The van der Waals surface area contributed by atoms with Crippen molar-refractivity contribution in [1.29, 1.82) is 0 Å². The van der Waals surface area contributed by atoms with Crippen LogP contribution in [-0.4, -0.2) is 31.2 Å². The highest BCUT2D eigenvalue weighted by atomic mass is 15.2. The fourth-order valence-electron chi connectivity index (χ4n) is 5.01. The summed E-state index contributed by atoms with van der Waals surface area (Å²) in [6.07, 6.45) is 10.4. The van der Waals surface area contributed by atoms with Gasteiger partial charge < -0.3 is 10.2 Å². The van der Waals surface area contributed by atoms with E-state index < -0.39 is 0 Å². The van der Waals surface area contributed by atoms with Crippen LogP contribution < -0.4 is 14.8 Å². The molecule has 0 amide bonds. The molecule has 0 radical (unpaired) electrons. The highest BCUT2D eigenvalue weighted by Crippen LogP contribution is 2.34. The summed E-state index contributed by atoms with van der Waals surface area (Å²) in [6, 6.07) is 11.4. The monoisotopic (exact) mass is 449 g/mol. The van der Waals surface area contributed by atoms with Crippen molar-refractivity contribution in [3.05, 3.63) is 95.1 Å². The van der Waals surface area contributed by atoms with Gasteiger partial charge in [0.05, 0.1) is 0 Å². The Balaban J connectivity index is 1.55.